The van der Waals surface area contributed by atoms with Crippen molar-refractivity contribution in [1.29, 1.82) is 0 Å². The van der Waals surface area contributed by atoms with Gasteiger partial charge in [-0.05, 0) is 49.1 Å². The average molecular weight is 363 g/mol. The molecule has 0 spiro atoms. The molecule has 0 aliphatic heterocycles. The fourth-order valence-electron chi connectivity index (χ4n) is 2.58. The molecule has 0 saturated heterocycles. The van der Waals surface area contributed by atoms with Crippen LogP contribution < -0.4 is 14.5 Å². The Kier molecular flexibility index (Phi) is 6.10. The quantitative estimate of drug-likeness (QED) is 0.720. The van der Waals surface area contributed by atoms with Crippen molar-refractivity contribution >= 4 is 28.3 Å². The van der Waals surface area contributed by atoms with Crippen LogP contribution in [0.25, 0.3) is 0 Å². The molecule has 25 heavy (non-hydrogen) atoms. The van der Waals surface area contributed by atoms with Gasteiger partial charge in [-0.1, -0.05) is 24.3 Å². The van der Waals surface area contributed by atoms with Crippen LogP contribution in [0.5, 0.6) is 5.75 Å². The molecule has 0 aliphatic carbocycles. The minimum absolute atomic E-state index is 0.139. The summed E-state index contributed by atoms with van der Waals surface area (Å²) in [7, 11) is -3.64. The summed E-state index contributed by atoms with van der Waals surface area (Å²) in [5.74, 6) is 0.527. The minimum Gasteiger partial charge on any atom is -0.497 e. The van der Waals surface area contributed by atoms with Gasteiger partial charge in [0.15, 0.2) is 0 Å². The van der Waals surface area contributed by atoms with Crippen molar-refractivity contribution in [2.75, 3.05) is 11.4 Å². The minimum atomic E-state index is -3.61. The highest BCUT2D eigenvalue weighted by Crippen LogP contribution is 2.23. The third kappa shape index (κ3) is 4.75. The summed E-state index contributed by atoms with van der Waals surface area (Å²) in [6.07, 6.45) is 0. The van der Waals surface area contributed by atoms with E-state index in [1.165, 1.54) is 16.4 Å². The summed E-state index contributed by atoms with van der Waals surface area (Å²) < 4.78 is 32.2. The maximum atomic E-state index is 12.9. The van der Waals surface area contributed by atoms with E-state index in [2.05, 4.69) is 0 Å². The van der Waals surface area contributed by atoms with Gasteiger partial charge >= 0.3 is 7.12 Å². The molecular weight excluding hydrogens is 341 g/mol. The van der Waals surface area contributed by atoms with Gasteiger partial charge in [-0.15, -0.1) is 0 Å². The average Bonchev–Trinajstić information content (AvgIpc) is 2.55. The van der Waals surface area contributed by atoms with E-state index in [0.717, 1.165) is 0 Å². The van der Waals surface area contributed by atoms with Gasteiger partial charge in [-0.25, -0.2) is 8.42 Å². The number of sulfonamides is 1. The van der Waals surface area contributed by atoms with Crippen molar-refractivity contribution in [3.63, 3.8) is 0 Å². The van der Waals surface area contributed by atoms with Crippen molar-refractivity contribution < 1.29 is 23.2 Å². The van der Waals surface area contributed by atoms with Gasteiger partial charge < -0.3 is 14.8 Å². The Morgan fingerprint density at radius 2 is 1.60 bits per heavy atom. The standard InChI is InChI=1S/C17H22BNO5S/c1-13(2)19(16-8-6-15(7-9-16)18(20)21)25(22,23)12-14-4-10-17(24-3)11-5-14/h4-11,13,20-21H,12H2,1-3H3. The Hall–Kier alpha value is -2.03. The SMILES string of the molecule is COc1ccc(CS(=O)(=O)N(c2ccc(B(O)O)cc2)C(C)C)cc1. The second-order valence-electron chi connectivity index (χ2n) is 5.96. The highest BCUT2D eigenvalue weighted by atomic mass is 32.2. The number of nitrogens with zero attached hydrogens (tertiary/aromatic N) is 1. The van der Waals surface area contributed by atoms with E-state index in [-0.39, 0.29) is 11.8 Å². The predicted molar refractivity (Wildman–Crippen MR) is 99.5 cm³/mol. The van der Waals surface area contributed by atoms with E-state index >= 15 is 0 Å². The van der Waals surface area contributed by atoms with Crippen molar-refractivity contribution in [3.05, 3.63) is 54.1 Å². The van der Waals surface area contributed by atoms with Crippen LogP contribution in [0.4, 0.5) is 5.69 Å². The highest BCUT2D eigenvalue weighted by molar-refractivity contribution is 7.92. The van der Waals surface area contributed by atoms with Gasteiger partial charge in [0.1, 0.15) is 5.75 Å². The first-order chi connectivity index (χ1) is 11.7. The molecule has 0 atom stereocenters. The summed E-state index contributed by atoms with van der Waals surface area (Å²) in [6, 6.07) is 12.7. The van der Waals surface area contributed by atoms with Crippen LogP contribution in [-0.2, 0) is 15.8 Å². The first-order valence-corrected chi connectivity index (χ1v) is 9.46. The zero-order valence-electron chi connectivity index (χ0n) is 14.5. The number of hydrogen-bond acceptors (Lipinski definition) is 5. The zero-order chi connectivity index (χ0) is 18.6. The molecular formula is C17H22BNO5S. The molecule has 2 aromatic carbocycles. The third-order valence-electron chi connectivity index (χ3n) is 3.72. The molecule has 8 heteroatoms. The molecule has 0 radical (unpaired) electrons. The molecule has 2 N–H and O–H groups in total. The van der Waals surface area contributed by atoms with Gasteiger partial charge in [-0.2, -0.15) is 0 Å². The fourth-order valence-corrected chi connectivity index (χ4v) is 4.41. The van der Waals surface area contributed by atoms with Gasteiger partial charge in [-0.3, -0.25) is 4.31 Å². The maximum Gasteiger partial charge on any atom is 0.488 e. The first kappa shape index (κ1) is 19.3. The number of benzene rings is 2. The molecule has 0 bridgehead atoms. The number of hydrogen-bond donors (Lipinski definition) is 2. The molecule has 0 fully saturated rings. The van der Waals surface area contributed by atoms with Crippen LogP contribution in [0.1, 0.15) is 19.4 Å². The number of methoxy groups -OCH3 is 1. The number of ether oxygens (including phenoxy) is 1. The third-order valence-corrected chi connectivity index (χ3v) is 5.65. The largest absolute Gasteiger partial charge is 0.497 e. The van der Waals surface area contributed by atoms with Crippen molar-refractivity contribution in [2.24, 2.45) is 0 Å². The molecule has 0 amide bonds. The number of anilines is 1. The molecule has 0 saturated carbocycles. The van der Waals surface area contributed by atoms with Crippen LogP contribution >= 0.6 is 0 Å². The van der Waals surface area contributed by atoms with Crippen molar-refractivity contribution in [3.8, 4) is 5.75 Å². The van der Waals surface area contributed by atoms with Gasteiger partial charge in [0.2, 0.25) is 10.0 Å². The monoisotopic (exact) mass is 363 g/mol. The van der Waals surface area contributed by atoms with Crippen LogP contribution in [0, 0.1) is 0 Å². The molecule has 0 heterocycles. The van der Waals surface area contributed by atoms with Crippen molar-refractivity contribution in [1.82, 2.24) is 0 Å². The van der Waals surface area contributed by atoms with Crippen LogP contribution in [0.2, 0.25) is 0 Å². The van der Waals surface area contributed by atoms with E-state index in [0.29, 0.717) is 22.5 Å². The lowest BCUT2D eigenvalue weighted by molar-refractivity contribution is 0.414. The molecule has 6 nitrogen and oxygen atoms in total. The van der Waals surface area contributed by atoms with E-state index in [9.17, 15) is 18.5 Å². The van der Waals surface area contributed by atoms with Gasteiger partial charge in [0.05, 0.1) is 18.6 Å². The van der Waals surface area contributed by atoms with Gasteiger partial charge in [0, 0.05) is 6.04 Å². The lowest BCUT2D eigenvalue weighted by Crippen LogP contribution is -2.38. The Bertz CT molecular complexity index is 789. The first-order valence-electron chi connectivity index (χ1n) is 7.85. The normalized spacial score (nSPS) is 11.4. The summed E-state index contributed by atoms with van der Waals surface area (Å²) in [5.41, 5.74) is 1.45. The van der Waals surface area contributed by atoms with Gasteiger partial charge in [0.25, 0.3) is 0 Å². The Labute approximate surface area is 148 Å². The van der Waals surface area contributed by atoms with Crippen LogP contribution in [0.3, 0.4) is 0 Å². The molecule has 2 aromatic rings. The van der Waals surface area contributed by atoms with Crippen LogP contribution in [0.15, 0.2) is 48.5 Å². The van der Waals surface area contributed by atoms with E-state index < -0.39 is 17.1 Å². The number of rotatable bonds is 7. The smallest absolute Gasteiger partial charge is 0.488 e. The summed E-state index contributed by atoms with van der Waals surface area (Å²) in [5, 5.41) is 18.3. The Balaban J connectivity index is 2.30. The van der Waals surface area contributed by atoms with E-state index in [1.807, 2.05) is 0 Å². The molecule has 2 rings (SSSR count). The van der Waals surface area contributed by atoms with Crippen LogP contribution in [-0.4, -0.2) is 38.7 Å². The second-order valence-corrected chi connectivity index (χ2v) is 7.80. The van der Waals surface area contributed by atoms with E-state index in [1.54, 1.807) is 57.4 Å². The molecule has 0 aliphatic rings. The lowest BCUT2D eigenvalue weighted by Gasteiger charge is -2.28. The summed E-state index contributed by atoms with van der Waals surface area (Å²) in [6.45, 7) is 3.58. The van der Waals surface area contributed by atoms with E-state index in [4.69, 9.17) is 4.74 Å². The molecule has 134 valence electrons. The maximum absolute atomic E-state index is 12.9. The topological polar surface area (TPSA) is 87.1 Å². The van der Waals surface area contributed by atoms with Crippen molar-refractivity contribution in [2.45, 2.75) is 25.6 Å². The highest BCUT2D eigenvalue weighted by Gasteiger charge is 2.26. The lowest BCUT2D eigenvalue weighted by atomic mass is 9.80. The molecule has 0 aromatic heterocycles. The zero-order valence-corrected chi connectivity index (χ0v) is 15.3. The Morgan fingerprint density at radius 3 is 2.04 bits per heavy atom. The summed E-state index contributed by atoms with van der Waals surface area (Å²) in [4.78, 5) is 0. The fraction of sp³-hybridized carbons (Fsp3) is 0.294. The summed E-state index contributed by atoms with van der Waals surface area (Å²) >= 11 is 0. The Morgan fingerprint density at radius 1 is 1.04 bits per heavy atom. The predicted octanol–water partition coefficient (Wildman–Crippen LogP) is 1.12. The second kappa shape index (κ2) is 7.90. The molecule has 0 unspecified atom stereocenters.